The van der Waals surface area contributed by atoms with Crippen molar-refractivity contribution in [3.63, 3.8) is 0 Å². The number of nitrogens with zero attached hydrogens (tertiary/aromatic N) is 1. The van der Waals surface area contributed by atoms with Crippen molar-refractivity contribution in [1.29, 1.82) is 0 Å². The van der Waals surface area contributed by atoms with Gasteiger partial charge in [0.15, 0.2) is 0 Å². The highest BCUT2D eigenvalue weighted by molar-refractivity contribution is 5.39. The number of benzene rings is 2. The predicted molar refractivity (Wildman–Crippen MR) is 101 cm³/mol. The summed E-state index contributed by atoms with van der Waals surface area (Å²) in [7, 11) is 0. The van der Waals surface area contributed by atoms with Crippen molar-refractivity contribution < 1.29 is 9.59 Å². The summed E-state index contributed by atoms with van der Waals surface area (Å²) in [5, 5.41) is 12.2. The number of fused-ring (bicyclic) bond motifs is 3. The van der Waals surface area contributed by atoms with E-state index in [0.29, 0.717) is 0 Å². The fraction of sp³-hybridized carbons (Fsp3) is 0.455. The number of quaternary nitrogens is 1. The average Bonchev–Trinajstić information content (AvgIpc) is 2.70. The second-order valence-corrected chi connectivity index (χ2v) is 8.00. The molecule has 5 rings (SSSR count). The Balaban J connectivity index is 1.79. The van der Waals surface area contributed by atoms with Crippen molar-refractivity contribution in [3.05, 3.63) is 71.8 Å². The van der Waals surface area contributed by atoms with Gasteiger partial charge in [-0.1, -0.05) is 60.7 Å². The van der Waals surface area contributed by atoms with Crippen LogP contribution in [0.2, 0.25) is 0 Å². The van der Waals surface area contributed by atoms with Crippen LogP contribution in [-0.4, -0.2) is 42.3 Å². The molecule has 3 nitrogen and oxygen atoms in total. The van der Waals surface area contributed by atoms with Gasteiger partial charge in [-0.15, -0.1) is 0 Å². The van der Waals surface area contributed by atoms with Crippen LogP contribution in [0.25, 0.3) is 0 Å². The lowest BCUT2D eigenvalue weighted by molar-refractivity contribution is -0.945. The normalized spacial score (nSPS) is 28.9. The first-order chi connectivity index (χ1) is 12.1. The standard InChI is InChI=1S/C22H29N2O/c23-14-18-24-15-11-21(12-16-24,13-17-24)22(25,19-7-3-1-4-8-19)20-9-5-2-6-10-20/h1-10,25H,11-18,23H2/q+1. The van der Waals surface area contributed by atoms with E-state index in [1.54, 1.807) is 0 Å². The lowest BCUT2D eigenvalue weighted by atomic mass is 9.56. The van der Waals surface area contributed by atoms with Crippen LogP contribution in [0.3, 0.4) is 0 Å². The van der Waals surface area contributed by atoms with E-state index in [1.807, 2.05) is 36.4 Å². The molecule has 3 heteroatoms. The Morgan fingerprint density at radius 3 is 1.68 bits per heavy atom. The van der Waals surface area contributed by atoms with Crippen LogP contribution in [0, 0.1) is 5.41 Å². The quantitative estimate of drug-likeness (QED) is 0.824. The molecule has 0 aromatic heterocycles. The van der Waals surface area contributed by atoms with Gasteiger partial charge in [0.25, 0.3) is 0 Å². The van der Waals surface area contributed by atoms with Crippen LogP contribution in [0.1, 0.15) is 30.4 Å². The molecule has 3 fully saturated rings. The summed E-state index contributed by atoms with van der Waals surface area (Å²) in [6, 6.07) is 20.6. The van der Waals surface area contributed by atoms with Crippen LogP contribution in [-0.2, 0) is 5.60 Å². The molecule has 132 valence electrons. The summed E-state index contributed by atoms with van der Waals surface area (Å²) >= 11 is 0. The zero-order valence-electron chi connectivity index (χ0n) is 14.9. The van der Waals surface area contributed by atoms with E-state index in [4.69, 9.17) is 5.73 Å². The molecule has 3 aliphatic heterocycles. The fourth-order valence-electron chi connectivity index (χ4n) is 5.35. The molecule has 25 heavy (non-hydrogen) atoms. The summed E-state index contributed by atoms with van der Waals surface area (Å²) in [5.41, 5.74) is 6.93. The molecular formula is C22H29N2O+. The SMILES string of the molecule is NCC[N+]12CCC(C(O)(c3ccccc3)c3ccccc3)(CC1)CC2. The molecule has 3 heterocycles. The summed E-state index contributed by atoms with van der Waals surface area (Å²) in [6.45, 7) is 5.25. The first-order valence-electron chi connectivity index (χ1n) is 9.53. The van der Waals surface area contributed by atoms with Crippen LogP contribution in [0.5, 0.6) is 0 Å². The Morgan fingerprint density at radius 2 is 1.28 bits per heavy atom. The van der Waals surface area contributed by atoms with E-state index in [1.165, 1.54) is 0 Å². The number of piperidine rings is 3. The lowest BCUT2D eigenvalue weighted by Gasteiger charge is -2.60. The molecule has 3 saturated heterocycles. The number of rotatable bonds is 5. The largest absolute Gasteiger partial charge is 0.380 e. The number of aliphatic hydroxyl groups is 1. The Morgan fingerprint density at radius 1 is 0.840 bits per heavy atom. The monoisotopic (exact) mass is 337 g/mol. The Labute approximate surface area is 150 Å². The van der Waals surface area contributed by atoms with Gasteiger partial charge in [0.1, 0.15) is 5.60 Å². The van der Waals surface area contributed by atoms with E-state index in [0.717, 1.165) is 67.6 Å². The van der Waals surface area contributed by atoms with Gasteiger partial charge in [-0.05, 0) is 11.1 Å². The lowest BCUT2D eigenvalue weighted by Crippen LogP contribution is -2.67. The number of hydrogen-bond acceptors (Lipinski definition) is 2. The zero-order chi connectivity index (χ0) is 17.4. The van der Waals surface area contributed by atoms with E-state index < -0.39 is 5.60 Å². The van der Waals surface area contributed by atoms with Gasteiger partial charge in [-0.3, -0.25) is 0 Å². The minimum atomic E-state index is -0.922. The van der Waals surface area contributed by atoms with Crippen molar-refractivity contribution in [3.8, 4) is 0 Å². The van der Waals surface area contributed by atoms with Gasteiger partial charge in [0.05, 0.1) is 26.2 Å². The molecule has 0 aliphatic carbocycles. The molecule has 0 spiro atoms. The third-order valence-electron chi connectivity index (χ3n) is 6.95. The van der Waals surface area contributed by atoms with E-state index >= 15 is 0 Å². The molecule has 0 unspecified atom stereocenters. The van der Waals surface area contributed by atoms with Crippen molar-refractivity contribution in [2.24, 2.45) is 11.1 Å². The second-order valence-electron chi connectivity index (χ2n) is 8.00. The van der Waals surface area contributed by atoms with Gasteiger partial charge in [0.2, 0.25) is 0 Å². The van der Waals surface area contributed by atoms with Crippen molar-refractivity contribution in [1.82, 2.24) is 0 Å². The van der Waals surface area contributed by atoms with Crippen LogP contribution >= 0.6 is 0 Å². The molecule has 2 bridgehead atoms. The molecule has 3 aliphatic rings. The minimum absolute atomic E-state index is 0.0791. The summed E-state index contributed by atoms with van der Waals surface area (Å²) < 4.78 is 1.15. The molecule has 2 aromatic rings. The van der Waals surface area contributed by atoms with Gasteiger partial charge >= 0.3 is 0 Å². The Bertz CT molecular complexity index is 649. The zero-order valence-corrected chi connectivity index (χ0v) is 14.9. The predicted octanol–water partition coefficient (Wildman–Crippen LogP) is 2.88. The molecule has 0 atom stereocenters. The third kappa shape index (κ3) is 2.53. The first-order valence-corrected chi connectivity index (χ1v) is 9.53. The van der Waals surface area contributed by atoms with E-state index in [-0.39, 0.29) is 5.41 Å². The highest BCUT2D eigenvalue weighted by Gasteiger charge is 2.60. The molecular weight excluding hydrogens is 308 g/mol. The van der Waals surface area contributed by atoms with Crippen LogP contribution in [0.4, 0.5) is 0 Å². The Kier molecular flexibility index (Phi) is 4.19. The summed E-state index contributed by atoms with van der Waals surface area (Å²) in [4.78, 5) is 0. The second kappa shape index (κ2) is 6.24. The highest BCUT2D eigenvalue weighted by Crippen LogP contribution is 2.57. The van der Waals surface area contributed by atoms with Crippen molar-refractivity contribution in [2.45, 2.75) is 24.9 Å². The number of hydrogen-bond donors (Lipinski definition) is 2. The van der Waals surface area contributed by atoms with Crippen LogP contribution < -0.4 is 5.73 Å². The molecule has 0 radical (unpaired) electrons. The smallest absolute Gasteiger partial charge is 0.121 e. The third-order valence-corrected chi connectivity index (χ3v) is 6.95. The first kappa shape index (κ1) is 16.8. The molecule has 3 N–H and O–H groups in total. The average molecular weight is 337 g/mol. The van der Waals surface area contributed by atoms with Gasteiger partial charge in [-0.25, -0.2) is 0 Å². The maximum absolute atomic E-state index is 12.2. The molecule has 2 aromatic carbocycles. The van der Waals surface area contributed by atoms with Crippen molar-refractivity contribution in [2.75, 3.05) is 32.7 Å². The van der Waals surface area contributed by atoms with Gasteiger partial charge in [-0.2, -0.15) is 0 Å². The van der Waals surface area contributed by atoms with Crippen molar-refractivity contribution >= 4 is 0 Å². The topological polar surface area (TPSA) is 46.2 Å². The Hall–Kier alpha value is -1.68. The minimum Gasteiger partial charge on any atom is -0.380 e. The highest BCUT2D eigenvalue weighted by atomic mass is 16.3. The van der Waals surface area contributed by atoms with E-state index in [2.05, 4.69) is 24.3 Å². The van der Waals surface area contributed by atoms with E-state index in [9.17, 15) is 5.11 Å². The fourth-order valence-corrected chi connectivity index (χ4v) is 5.35. The molecule has 0 amide bonds. The maximum Gasteiger partial charge on any atom is 0.121 e. The maximum atomic E-state index is 12.2. The molecule has 0 saturated carbocycles. The number of nitrogens with two attached hydrogens (primary N) is 1. The summed E-state index contributed by atoms with van der Waals surface area (Å²) in [6.07, 6.45) is 3.19. The van der Waals surface area contributed by atoms with Crippen LogP contribution in [0.15, 0.2) is 60.7 Å². The van der Waals surface area contributed by atoms with Gasteiger partial charge in [0, 0.05) is 31.2 Å². The summed E-state index contributed by atoms with van der Waals surface area (Å²) in [5.74, 6) is 0. The van der Waals surface area contributed by atoms with Gasteiger partial charge < -0.3 is 15.3 Å².